The second-order valence-electron chi connectivity index (χ2n) is 13.9. The molecule has 3 aromatic heterocycles. The number of rotatable bonds is 4. The van der Waals surface area contributed by atoms with Crippen LogP contribution in [0, 0.1) is 22.7 Å². The van der Waals surface area contributed by atoms with Crippen molar-refractivity contribution < 1.29 is 0 Å². The molecule has 11 aromatic rings. The summed E-state index contributed by atoms with van der Waals surface area (Å²) >= 11 is 0. The summed E-state index contributed by atoms with van der Waals surface area (Å²) in [6.07, 6.45) is 0. The lowest BCUT2D eigenvalue weighted by atomic mass is 9.98. The summed E-state index contributed by atoms with van der Waals surface area (Å²) in [4.78, 5) is 0. The molecule has 0 bridgehead atoms. The molecule has 0 aliphatic heterocycles. The monoisotopic (exact) mass is 699 g/mol. The summed E-state index contributed by atoms with van der Waals surface area (Å²) in [5.41, 5.74) is 12.3. The highest BCUT2D eigenvalue weighted by atomic mass is 15.0. The average molecular weight is 700 g/mol. The largest absolute Gasteiger partial charge is 0.309 e. The molecule has 11 rings (SSSR count). The van der Waals surface area contributed by atoms with Gasteiger partial charge in [0.2, 0.25) is 0 Å². The Bertz CT molecular complexity index is 3420. The van der Waals surface area contributed by atoms with Crippen LogP contribution in [0.4, 0.5) is 0 Å². The van der Waals surface area contributed by atoms with E-state index in [9.17, 15) is 10.5 Å². The first-order valence-corrected chi connectivity index (χ1v) is 18.3. The first-order valence-electron chi connectivity index (χ1n) is 18.3. The predicted molar refractivity (Wildman–Crippen MR) is 224 cm³/mol. The zero-order valence-corrected chi connectivity index (χ0v) is 29.5. The zero-order valence-electron chi connectivity index (χ0n) is 29.5. The van der Waals surface area contributed by atoms with E-state index in [1.54, 1.807) is 0 Å². The molecule has 55 heavy (non-hydrogen) atoms. The minimum absolute atomic E-state index is 0.600. The first-order chi connectivity index (χ1) is 27.2. The van der Waals surface area contributed by atoms with E-state index in [1.165, 1.54) is 21.8 Å². The number of aromatic nitrogens is 3. The second-order valence-corrected chi connectivity index (χ2v) is 13.9. The maximum atomic E-state index is 11.0. The summed E-state index contributed by atoms with van der Waals surface area (Å²) < 4.78 is 6.80. The second kappa shape index (κ2) is 11.8. The topological polar surface area (TPSA) is 62.4 Å². The number of benzene rings is 8. The molecule has 0 amide bonds. The lowest BCUT2D eigenvalue weighted by molar-refractivity contribution is 1.16. The molecule has 0 atom stereocenters. The van der Waals surface area contributed by atoms with Crippen molar-refractivity contribution in [1.29, 1.82) is 10.5 Å². The molecule has 5 heteroatoms. The van der Waals surface area contributed by atoms with Crippen LogP contribution in [0.15, 0.2) is 176 Å². The van der Waals surface area contributed by atoms with Gasteiger partial charge in [0.1, 0.15) is 6.07 Å². The third-order valence-corrected chi connectivity index (χ3v) is 11.1. The Morgan fingerprint density at radius 3 is 1.58 bits per heavy atom. The minimum atomic E-state index is 0.600. The Kier molecular flexibility index (Phi) is 6.61. The van der Waals surface area contributed by atoms with E-state index in [0.717, 1.165) is 71.8 Å². The minimum Gasteiger partial charge on any atom is -0.309 e. The van der Waals surface area contributed by atoms with Gasteiger partial charge in [-0.2, -0.15) is 10.5 Å². The van der Waals surface area contributed by atoms with Gasteiger partial charge in [0.25, 0.3) is 0 Å². The van der Waals surface area contributed by atoms with Crippen LogP contribution < -0.4 is 0 Å². The van der Waals surface area contributed by atoms with Crippen molar-refractivity contribution in [2.24, 2.45) is 0 Å². The molecule has 0 unspecified atom stereocenters. The summed E-state index contributed by atoms with van der Waals surface area (Å²) in [6, 6.07) is 65.9. The van der Waals surface area contributed by atoms with Crippen LogP contribution in [-0.4, -0.2) is 13.7 Å². The van der Waals surface area contributed by atoms with E-state index in [1.807, 2.05) is 42.5 Å². The summed E-state index contributed by atoms with van der Waals surface area (Å²) in [5, 5.41) is 27.6. The molecule has 5 nitrogen and oxygen atoms in total. The van der Waals surface area contributed by atoms with E-state index in [0.29, 0.717) is 11.1 Å². The number of nitriles is 2. The van der Waals surface area contributed by atoms with Gasteiger partial charge in [-0.1, -0.05) is 103 Å². The van der Waals surface area contributed by atoms with Crippen LogP contribution in [0.5, 0.6) is 0 Å². The van der Waals surface area contributed by atoms with E-state index in [-0.39, 0.29) is 0 Å². The summed E-state index contributed by atoms with van der Waals surface area (Å²) in [7, 11) is 0. The fourth-order valence-electron chi connectivity index (χ4n) is 8.85. The molecule has 254 valence electrons. The number of fused-ring (bicyclic) bond motifs is 9. The maximum absolute atomic E-state index is 11.0. The van der Waals surface area contributed by atoms with Crippen LogP contribution in [-0.2, 0) is 0 Å². The quantitative estimate of drug-likeness (QED) is 0.184. The molecular formula is C50H29N5. The van der Waals surface area contributed by atoms with Gasteiger partial charge in [-0.25, -0.2) is 0 Å². The fraction of sp³-hybridized carbons (Fsp3) is 0. The van der Waals surface area contributed by atoms with Crippen molar-refractivity contribution in [3.8, 4) is 40.3 Å². The van der Waals surface area contributed by atoms with E-state index in [2.05, 4.69) is 159 Å². The highest BCUT2D eigenvalue weighted by Gasteiger charge is 2.20. The zero-order chi connectivity index (χ0) is 36.6. The molecule has 0 N–H and O–H groups in total. The number of hydrogen-bond donors (Lipinski definition) is 0. The lowest BCUT2D eigenvalue weighted by Gasteiger charge is -2.15. The summed E-state index contributed by atoms with van der Waals surface area (Å²) in [6.45, 7) is 0. The van der Waals surface area contributed by atoms with Gasteiger partial charge in [0.05, 0.1) is 56.0 Å². The van der Waals surface area contributed by atoms with Crippen molar-refractivity contribution in [2.45, 2.75) is 0 Å². The van der Waals surface area contributed by atoms with Crippen molar-refractivity contribution in [3.05, 3.63) is 187 Å². The van der Waals surface area contributed by atoms with Crippen molar-refractivity contribution in [2.75, 3.05) is 0 Å². The molecule has 0 aliphatic rings. The van der Waals surface area contributed by atoms with Crippen LogP contribution in [0.3, 0.4) is 0 Å². The van der Waals surface area contributed by atoms with Gasteiger partial charge in [0, 0.05) is 49.3 Å². The van der Waals surface area contributed by atoms with Gasteiger partial charge >= 0.3 is 0 Å². The fourth-order valence-corrected chi connectivity index (χ4v) is 8.85. The lowest BCUT2D eigenvalue weighted by Crippen LogP contribution is -2.00. The van der Waals surface area contributed by atoms with Crippen molar-refractivity contribution >= 4 is 65.4 Å². The van der Waals surface area contributed by atoms with Gasteiger partial charge in [-0.15, -0.1) is 0 Å². The molecular weight excluding hydrogens is 671 g/mol. The normalized spacial score (nSPS) is 11.6. The van der Waals surface area contributed by atoms with Crippen LogP contribution >= 0.6 is 0 Å². The standard InChI is InChI=1S/C50H29N5/c51-30-33-13-10-25-49-50(33)40-18-4-8-23-46(40)54(49)34-14-9-12-32(28-34)36-19-11-24-47(42(36)31-52)55-45-22-7-3-17-39(45)41-29-35(26-27-48(41)55)53-43-20-5-1-15-37(43)38-16-2-6-21-44(38)53/h1-29H. The summed E-state index contributed by atoms with van der Waals surface area (Å²) in [5.74, 6) is 0. The molecule has 0 fully saturated rings. The Morgan fingerprint density at radius 1 is 0.364 bits per heavy atom. The molecule has 0 aliphatic carbocycles. The van der Waals surface area contributed by atoms with Gasteiger partial charge < -0.3 is 13.7 Å². The molecule has 8 aromatic carbocycles. The number of para-hydroxylation sites is 4. The van der Waals surface area contributed by atoms with Gasteiger partial charge in [-0.3, -0.25) is 0 Å². The van der Waals surface area contributed by atoms with Crippen molar-refractivity contribution in [1.82, 2.24) is 13.7 Å². The highest BCUT2D eigenvalue weighted by Crippen LogP contribution is 2.40. The number of hydrogen-bond acceptors (Lipinski definition) is 2. The Hall–Kier alpha value is -7.86. The molecule has 0 saturated carbocycles. The van der Waals surface area contributed by atoms with Crippen LogP contribution in [0.1, 0.15) is 11.1 Å². The SMILES string of the molecule is N#Cc1c(-c2cccc(-n3c4ccccc4c4c(C#N)cccc43)c2)cccc1-n1c2ccccc2c2cc(-n3c4ccccc4c4ccccc43)ccc21. The van der Waals surface area contributed by atoms with E-state index >= 15 is 0 Å². The molecule has 0 radical (unpaired) electrons. The van der Waals surface area contributed by atoms with E-state index < -0.39 is 0 Å². The third-order valence-electron chi connectivity index (χ3n) is 11.1. The Labute approximate surface area is 316 Å². The molecule has 0 spiro atoms. The maximum Gasteiger partial charge on any atom is 0.102 e. The third kappa shape index (κ3) is 4.39. The van der Waals surface area contributed by atoms with Crippen molar-refractivity contribution in [3.63, 3.8) is 0 Å². The van der Waals surface area contributed by atoms with Crippen LogP contribution in [0.25, 0.3) is 93.6 Å². The predicted octanol–water partition coefficient (Wildman–Crippen LogP) is 12.4. The van der Waals surface area contributed by atoms with Crippen LogP contribution in [0.2, 0.25) is 0 Å². The Morgan fingerprint density at radius 2 is 0.891 bits per heavy atom. The Balaban J connectivity index is 1.11. The van der Waals surface area contributed by atoms with Gasteiger partial charge in [0.15, 0.2) is 0 Å². The number of nitrogens with zero attached hydrogens (tertiary/aromatic N) is 5. The molecule has 0 saturated heterocycles. The smallest absolute Gasteiger partial charge is 0.102 e. The average Bonchev–Trinajstić information content (AvgIpc) is 3.89. The van der Waals surface area contributed by atoms with Gasteiger partial charge in [-0.05, 0) is 78.4 Å². The van der Waals surface area contributed by atoms with E-state index in [4.69, 9.17) is 0 Å². The highest BCUT2D eigenvalue weighted by molar-refractivity contribution is 6.13. The molecule has 3 heterocycles. The first kappa shape index (κ1) is 30.7.